The van der Waals surface area contributed by atoms with E-state index in [1.807, 2.05) is 34.6 Å². The van der Waals surface area contributed by atoms with Gasteiger partial charge in [0.05, 0.1) is 5.54 Å². The Balaban J connectivity index is 3.00. The van der Waals surface area contributed by atoms with E-state index in [2.05, 4.69) is 17.3 Å². The number of benzene rings is 1. The Labute approximate surface area is 136 Å². The SMILES string of the molecule is CC(C)C#CC(=O)NN(C(=O)c1ccc(Cl)cc1)C(C)(C)C. The Bertz CT molecular complexity index is 604. The van der Waals surface area contributed by atoms with Gasteiger partial charge < -0.3 is 0 Å². The molecule has 0 aliphatic heterocycles. The van der Waals surface area contributed by atoms with E-state index in [0.717, 1.165) is 0 Å². The van der Waals surface area contributed by atoms with Crippen LogP contribution in [-0.2, 0) is 4.79 Å². The molecule has 5 heteroatoms. The van der Waals surface area contributed by atoms with Gasteiger partial charge in [0, 0.05) is 16.5 Å². The smallest absolute Gasteiger partial charge is 0.267 e. The van der Waals surface area contributed by atoms with Crippen LogP contribution in [0.25, 0.3) is 0 Å². The summed E-state index contributed by atoms with van der Waals surface area (Å²) in [5.41, 5.74) is 2.41. The van der Waals surface area contributed by atoms with Crippen molar-refractivity contribution in [1.29, 1.82) is 0 Å². The minimum absolute atomic E-state index is 0.0841. The highest BCUT2D eigenvalue weighted by molar-refractivity contribution is 6.30. The zero-order valence-electron chi connectivity index (χ0n) is 13.5. The first kappa shape index (κ1) is 18.1. The molecule has 0 saturated carbocycles. The molecule has 0 atom stereocenters. The second-order valence-corrected chi connectivity index (χ2v) is 6.62. The summed E-state index contributed by atoms with van der Waals surface area (Å²) in [5, 5.41) is 1.83. The van der Waals surface area contributed by atoms with E-state index in [-0.39, 0.29) is 11.8 Å². The fourth-order valence-electron chi connectivity index (χ4n) is 1.58. The number of rotatable bonds is 1. The quantitative estimate of drug-likeness (QED) is 0.637. The first-order valence-corrected chi connectivity index (χ1v) is 7.41. The van der Waals surface area contributed by atoms with Gasteiger partial charge in [-0.15, -0.1) is 0 Å². The molecule has 0 fully saturated rings. The normalized spacial score (nSPS) is 10.7. The Kier molecular flexibility index (Phi) is 6.01. The molecule has 1 N–H and O–H groups in total. The van der Waals surface area contributed by atoms with E-state index in [1.54, 1.807) is 24.3 Å². The lowest BCUT2D eigenvalue weighted by molar-refractivity contribution is -0.121. The van der Waals surface area contributed by atoms with Crippen molar-refractivity contribution in [2.45, 2.75) is 40.2 Å². The third-order valence-corrected chi connectivity index (χ3v) is 2.90. The zero-order chi connectivity index (χ0) is 16.9. The summed E-state index contributed by atoms with van der Waals surface area (Å²) in [5.74, 6) is 4.52. The number of hydrogen-bond acceptors (Lipinski definition) is 2. The first-order valence-electron chi connectivity index (χ1n) is 7.03. The van der Waals surface area contributed by atoms with Crippen molar-refractivity contribution in [1.82, 2.24) is 10.4 Å². The van der Waals surface area contributed by atoms with Crippen molar-refractivity contribution in [2.24, 2.45) is 5.92 Å². The van der Waals surface area contributed by atoms with Crippen molar-refractivity contribution in [3.63, 3.8) is 0 Å². The van der Waals surface area contributed by atoms with Gasteiger partial charge in [-0.05, 0) is 51.0 Å². The summed E-state index contributed by atoms with van der Waals surface area (Å²) in [7, 11) is 0. The van der Waals surface area contributed by atoms with Gasteiger partial charge in [0.15, 0.2) is 0 Å². The number of carbonyl (C=O) groups excluding carboxylic acids is 2. The largest absolute Gasteiger partial charge is 0.314 e. The van der Waals surface area contributed by atoms with Crippen LogP contribution in [-0.4, -0.2) is 22.4 Å². The lowest BCUT2D eigenvalue weighted by Crippen LogP contribution is -2.55. The maximum atomic E-state index is 12.6. The second-order valence-electron chi connectivity index (χ2n) is 6.18. The molecule has 0 heterocycles. The van der Waals surface area contributed by atoms with E-state index in [9.17, 15) is 9.59 Å². The number of nitrogens with one attached hydrogen (secondary N) is 1. The third-order valence-electron chi connectivity index (χ3n) is 2.65. The van der Waals surface area contributed by atoms with E-state index >= 15 is 0 Å². The molecule has 0 bridgehead atoms. The Morgan fingerprint density at radius 2 is 1.73 bits per heavy atom. The molecular formula is C17H21ClN2O2. The number of amides is 2. The molecule has 0 aliphatic carbocycles. The van der Waals surface area contributed by atoms with Gasteiger partial charge in [0.25, 0.3) is 5.91 Å². The van der Waals surface area contributed by atoms with Gasteiger partial charge >= 0.3 is 5.91 Å². The Morgan fingerprint density at radius 1 is 1.18 bits per heavy atom. The highest BCUT2D eigenvalue weighted by Gasteiger charge is 2.28. The maximum absolute atomic E-state index is 12.6. The van der Waals surface area contributed by atoms with Gasteiger partial charge in [-0.1, -0.05) is 31.4 Å². The zero-order valence-corrected chi connectivity index (χ0v) is 14.3. The topological polar surface area (TPSA) is 49.4 Å². The van der Waals surface area contributed by atoms with Crippen molar-refractivity contribution in [3.8, 4) is 11.8 Å². The van der Waals surface area contributed by atoms with Gasteiger partial charge in [-0.25, -0.2) is 5.01 Å². The summed E-state index contributed by atoms with van der Waals surface area (Å²) < 4.78 is 0. The van der Waals surface area contributed by atoms with Crippen LogP contribution in [0.2, 0.25) is 5.02 Å². The van der Waals surface area contributed by atoms with Crippen molar-refractivity contribution in [3.05, 3.63) is 34.9 Å². The number of halogens is 1. The van der Waals surface area contributed by atoms with Gasteiger partial charge in [0.2, 0.25) is 0 Å². The predicted molar refractivity (Wildman–Crippen MR) is 88.1 cm³/mol. The number of carbonyl (C=O) groups is 2. The van der Waals surface area contributed by atoms with Crippen LogP contribution >= 0.6 is 11.6 Å². The molecule has 0 saturated heterocycles. The standard InChI is InChI=1S/C17H21ClN2O2/c1-12(2)6-11-15(21)19-20(17(3,4)5)16(22)13-7-9-14(18)10-8-13/h7-10,12H,1-5H3,(H,19,21). The van der Waals surface area contributed by atoms with Crippen LogP contribution < -0.4 is 5.43 Å². The molecule has 1 aromatic rings. The van der Waals surface area contributed by atoms with E-state index in [1.165, 1.54) is 5.01 Å². The fraction of sp³-hybridized carbons (Fsp3) is 0.412. The third kappa shape index (κ3) is 5.42. The average Bonchev–Trinajstić information content (AvgIpc) is 2.41. The molecule has 22 heavy (non-hydrogen) atoms. The molecular weight excluding hydrogens is 300 g/mol. The van der Waals surface area contributed by atoms with Gasteiger partial charge in [-0.3, -0.25) is 15.0 Å². The van der Waals surface area contributed by atoms with Crippen LogP contribution in [0.15, 0.2) is 24.3 Å². The predicted octanol–water partition coefficient (Wildman–Crippen LogP) is 3.27. The van der Waals surface area contributed by atoms with Crippen LogP contribution in [0.5, 0.6) is 0 Å². The molecule has 0 aliphatic rings. The Morgan fingerprint density at radius 3 is 2.18 bits per heavy atom. The molecule has 118 valence electrons. The maximum Gasteiger partial charge on any atom is 0.314 e. The molecule has 4 nitrogen and oxygen atoms in total. The lowest BCUT2D eigenvalue weighted by atomic mass is 10.1. The summed E-state index contributed by atoms with van der Waals surface area (Å²) >= 11 is 5.83. The molecule has 1 rings (SSSR count). The minimum Gasteiger partial charge on any atom is -0.267 e. The van der Waals surface area contributed by atoms with Gasteiger partial charge in [-0.2, -0.15) is 0 Å². The highest BCUT2D eigenvalue weighted by Crippen LogP contribution is 2.17. The first-order chi connectivity index (χ1) is 10.1. The van der Waals surface area contributed by atoms with E-state index in [4.69, 9.17) is 11.6 Å². The molecule has 0 unspecified atom stereocenters. The number of hydrazine groups is 1. The summed E-state index contributed by atoms with van der Waals surface area (Å²) in [6, 6.07) is 6.51. The molecule has 1 aromatic carbocycles. The van der Waals surface area contributed by atoms with Crippen molar-refractivity contribution < 1.29 is 9.59 Å². The van der Waals surface area contributed by atoms with Crippen molar-refractivity contribution >= 4 is 23.4 Å². The fourth-order valence-corrected chi connectivity index (χ4v) is 1.71. The van der Waals surface area contributed by atoms with E-state index < -0.39 is 11.4 Å². The monoisotopic (exact) mass is 320 g/mol. The summed E-state index contributed by atoms with van der Waals surface area (Å²) in [4.78, 5) is 24.5. The molecule has 0 aromatic heterocycles. The average molecular weight is 321 g/mol. The van der Waals surface area contributed by atoms with Crippen LogP contribution in [0.3, 0.4) is 0 Å². The minimum atomic E-state index is -0.591. The summed E-state index contributed by atoms with van der Waals surface area (Å²) in [6.07, 6.45) is 0. The number of hydrogen-bond donors (Lipinski definition) is 1. The lowest BCUT2D eigenvalue weighted by Gasteiger charge is -2.34. The van der Waals surface area contributed by atoms with Crippen LogP contribution in [0.1, 0.15) is 45.0 Å². The highest BCUT2D eigenvalue weighted by atomic mass is 35.5. The van der Waals surface area contributed by atoms with Crippen LogP contribution in [0.4, 0.5) is 0 Å². The summed E-state index contributed by atoms with van der Waals surface area (Å²) in [6.45, 7) is 9.27. The van der Waals surface area contributed by atoms with Crippen LogP contribution in [0, 0.1) is 17.8 Å². The number of nitrogens with zero attached hydrogens (tertiary/aromatic N) is 1. The second kappa shape index (κ2) is 7.33. The van der Waals surface area contributed by atoms with Gasteiger partial charge in [0.1, 0.15) is 0 Å². The van der Waals surface area contributed by atoms with E-state index in [0.29, 0.717) is 10.6 Å². The molecule has 2 amide bonds. The molecule has 0 spiro atoms. The molecule has 0 radical (unpaired) electrons. The van der Waals surface area contributed by atoms with Crippen molar-refractivity contribution in [2.75, 3.05) is 0 Å². The Hall–Kier alpha value is -1.99.